The maximum atomic E-state index is 5.71. The summed E-state index contributed by atoms with van der Waals surface area (Å²) in [6.07, 6.45) is 0. The molecule has 2 rings (SSSR count). The summed E-state index contributed by atoms with van der Waals surface area (Å²) in [4.78, 5) is 6.69. The molecule has 0 unspecified atom stereocenters. The van der Waals surface area contributed by atoms with E-state index in [4.69, 9.17) is 5.73 Å². The summed E-state index contributed by atoms with van der Waals surface area (Å²) in [6, 6.07) is 12.4. The molecule has 1 aromatic heterocycles. The van der Waals surface area contributed by atoms with Gasteiger partial charge in [0.05, 0.1) is 0 Å². The zero-order chi connectivity index (χ0) is 13.8. The van der Waals surface area contributed by atoms with E-state index in [-0.39, 0.29) is 0 Å². The normalized spacial score (nSPS) is 10.5. The number of halogens is 1. The third-order valence-corrected chi connectivity index (χ3v) is 3.43. The van der Waals surface area contributed by atoms with Crippen molar-refractivity contribution in [2.75, 3.05) is 11.9 Å². The first kappa shape index (κ1) is 14.0. The Labute approximate surface area is 122 Å². The Balaban J connectivity index is 2.20. The van der Waals surface area contributed by atoms with Gasteiger partial charge >= 0.3 is 0 Å². The second kappa shape index (κ2) is 6.17. The molecule has 0 aliphatic rings. The highest BCUT2D eigenvalue weighted by molar-refractivity contribution is 9.10. The van der Waals surface area contributed by atoms with Gasteiger partial charge in [0.2, 0.25) is 0 Å². The molecule has 0 saturated carbocycles. The summed E-state index contributed by atoms with van der Waals surface area (Å²) in [5.41, 5.74) is 9.07. The first-order chi connectivity index (χ1) is 9.08. The number of benzene rings is 1. The van der Waals surface area contributed by atoms with Crippen LogP contribution in [0.2, 0.25) is 0 Å². The average Bonchev–Trinajstić information content (AvgIpc) is 2.38. The number of nitrogens with two attached hydrogens (primary N) is 1. The van der Waals surface area contributed by atoms with Crippen LogP contribution < -0.4 is 10.6 Å². The maximum absolute atomic E-state index is 5.71. The van der Waals surface area contributed by atoms with Gasteiger partial charge in [0.15, 0.2) is 0 Å². The van der Waals surface area contributed by atoms with E-state index in [1.165, 1.54) is 5.56 Å². The van der Waals surface area contributed by atoms with Crippen molar-refractivity contribution in [2.45, 2.75) is 20.0 Å². The van der Waals surface area contributed by atoms with Crippen molar-refractivity contribution in [1.82, 2.24) is 4.98 Å². The molecule has 0 aliphatic heterocycles. The van der Waals surface area contributed by atoms with Crippen LogP contribution in [-0.2, 0) is 13.1 Å². The molecule has 0 saturated heterocycles. The zero-order valence-corrected chi connectivity index (χ0v) is 12.8. The van der Waals surface area contributed by atoms with Crippen LogP contribution in [0.15, 0.2) is 40.9 Å². The van der Waals surface area contributed by atoms with Crippen LogP contribution in [0.25, 0.3) is 0 Å². The van der Waals surface area contributed by atoms with Gasteiger partial charge in [0, 0.05) is 30.3 Å². The molecular weight excluding hydrogens is 302 g/mol. The third kappa shape index (κ3) is 3.78. The van der Waals surface area contributed by atoms with Crippen LogP contribution in [0.4, 0.5) is 5.82 Å². The van der Waals surface area contributed by atoms with Gasteiger partial charge in [0.1, 0.15) is 5.82 Å². The number of hydrogen-bond donors (Lipinski definition) is 1. The van der Waals surface area contributed by atoms with Crippen LogP contribution in [-0.4, -0.2) is 12.0 Å². The minimum absolute atomic E-state index is 0.543. The number of anilines is 1. The number of nitrogens with zero attached hydrogens (tertiary/aromatic N) is 2. The van der Waals surface area contributed by atoms with Crippen molar-refractivity contribution in [3.63, 3.8) is 0 Å². The van der Waals surface area contributed by atoms with Gasteiger partial charge in [0.25, 0.3) is 0 Å². The van der Waals surface area contributed by atoms with Gasteiger partial charge in [-0.15, -0.1) is 0 Å². The van der Waals surface area contributed by atoms with E-state index in [9.17, 15) is 0 Å². The van der Waals surface area contributed by atoms with Crippen molar-refractivity contribution in [3.8, 4) is 0 Å². The monoisotopic (exact) mass is 319 g/mol. The van der Waals surface area contributed by atoms with Gasteiger partial charge in [-0.3, -0.25) is 0 Å². The second-order valence-corrected chi connectivity index (χ2v) is 5.58. The predicted molar refractivity (Wildman–Crippen MR) is 83.1 cm³/mol. The highest BCUT2D eigenvalue weighted by Gasteiger charge is 2.06. The predicted octanol–water partition coefficient (Wildman–Crippen LogP) is 3.25. The first-order valence-electron chi connectivity index (χ1n) is 6.21. The smallest absolute Gasteiger partial charge is 0.129 e. The molecule has 1 heterocycles. The lowest BCUT2D eigenvalue weighted by atomic mass is 10.2. The molecule has 0 amide bonds. The molecule has 0 fully saturated rings. The Kier molecular flexibility index (Phi) is 4.56. The lowest BCUT2D eigenvalue weighted by molar-refractivity contribution is 0.885. The lowest BCUT2D eigenvalue weighted by Gasteiger charge is -2.19. The number of pyridine rings is 1. The molecule has 3 nitrogen and oxygen atoms in total. The summed E-state index contributed by atoms with van der Waals surface area (Å²) < 4.78 is 1.10. The summed E-state index contributed by atoms with van der Waals surface area (Å²) in [5, 5.41) is 0. The standard InChI is InChI=1S/C15H18BrN3/c1-11-6-13(9-17)8-15(18-11)19(2)10-12-4-3-5-14(16)7-12/h3-8H,9-10,17H2,1-2H3. The van der Waals surface area contributed by atoms with E-state index in [2.05, 4.69) is 37.9 Å². The van der Waals surface area contributed by atoms with Crippen LogP contribution in [0.1, 0.15) is 16.8 Å². The fourth-order valence-corrected chi connectivity index (χ4v) is 2.47. The molecule has 0 radical (unpaired) electrons. The van der Waals surface area contributed by atoms with E-state index < -0.39 is 0 Å². The Hall–Kier alpha value is -1.39. The molecule has 0 aliphatic carbocycles. The van der Waals surface area contributed by atoms with Crippen LogP contribution in [0.5, 0.6) is 0 Å². The highest BCUT2D eigenvalue weighted by Crippen LogP contribution is 2.18. The molecule has 19 heavy (non-hydrogen) atoms. The molecule has 0 spiro atoms. The summed E-state index contributed by atoms with van der Waals surface area (Å²) in [6.45, 7) is 3.36. The lowest BCUT2D eigenvalue weighted by Crippen LogP contribution is -2.18. The van der Waals surface area contributed by atoms with E-state index in [1.54, 1.807) is 0 Å². The van der Waals surface area contributed by atoms with Crippen LogP contribution in [0, 0.1) is 6.92 Å². The van der Waals surface area contributed by atoms with Crippen molar-refractivity contribution < 1.29 is 0 Å². The minimum Gasteiger partial charge on any atom is -0.355 e. The molecule has 0 atom stereocenters. The summed E-state index contributed by atoms with van der Waals surface area (Å²) in [7, 11) is 2.04. The fraction of sp³-hybridized carbons (Fsp3) is 0.267. The highest BCUT2D eigenvalue weighted by atomic mass is 79.9. The number of aromatic nitrogens is 1. The molecule has 2 aromatic rings. The number of aryl methyl sites for hydroxylation is 1. The molecule has 4 heteroatoms. The van der Waals surface area contributed by atoms with Gasteiger partial charge < -0.3 is 10.6 Å². The SMILES string of the molecule is Cc1cc(CN)cc(N(C)Cc2cccc(Br)c2)n1. The zero-order valence-electron chi connectivity index (χ0n) is 11.2. The van der Waals surface area contributed by atoms with Crippen LogP contribution >= 0.6 is 15.9 Å². The molecule has 0 bridgehead atoms. The summed E-state index contributed by atoms with van der Waals surface area (Å²) >= 11 is 3.49. The maximum Gasteiger partial charge on any atom is 0.129 e. The molecular formula is C15H18BrN3. The van der Waals surface area contributed by atoms with Gasteiger partial charge in [-0.05, 0) is 42.3 Å². The Morgan fingerprint density at radius 1 is 1.21 bits per heavy atom. The second-order valence-electron chi connectivity index (χ2n) is 4.67. The number of hydrogen-bond acceptors (Lipinski definition) is 3. The third-order valence-electron chi connectivity index (χ3n) is 2.94. The van der Waals surface area contributed by atoms with Crippen molar-refractivity contribution >= 4 is 21.7 Å². The van der Waals surface area contributed by atoms with Crippen molar-refractivity contribution in [3.05, 3.63) is 57.7 Å². The quantitative estimate of drug-likeness (QED) is 0.940. The van der Waals surface area contributed by atoms with Crippen molar-refractivity contribution in [2.24, 2.45) is 5.73 Å². The fourth-order valence-electron chi connectivity index (χ4n) is 2.02. The Morgan fingerprint density at radius 3 is 2.68 bits per heavy atom. The number of rotatable bonds is 4. The van der Waals surface area contributed by atoms with E-state index in [0.29, 0.717) is 6.54 Å². The first-order valence-corrected chi connectivity index (χ1v) is 7.01. The van der Waals surface area contributed by atoms with Crippen molar-refractivity contribution in [1.29, 1.82) is 0 Å². The topological polar surface area (TPSA) is 42.1 Å². The Morgan fingerprint density at radius 2 is 2.00 bits per heavy atom. The largest absolute Gasteiger partial charge is 0.355 e. The van der Waals surface area contributed by atoms with Gasteiger partial charge in [-0.1, -0.05) is 28.1 Å². The molecule has 100 valence electrons. The van der Waals surface area contributed by atoms with Crippen LogP contribution in [0.3, 0.4) is 0 Å². The summed E-state index contributed by atoms with van der Waals surface area (Å²) in [5.74, 6) is 0.959. The van der Waals surface area contributed by atoms with E-state index in [0.717, 1.165) is 28.1 Å². The Bertz CT molecular complexity index is 569. The minimum atomic E-state index is 0.543. The van der Waals surface area contributed by atoms with E-state index in [1.807, 2.05) is 38.2 Å². The molecule has 1 aromatic carbocycles. The average molecular weight is 320 g/mol. The van der Waals surface area contributed by atoms with E-state index >= 15 is 0 Å². The van der Waals surface area contributed by atoms with Gasteiger partial charge in [-0.2, -0.15) is 0 Å². The van der Waals surface area contributed by atoms with Gasteiger partial charge in [-0.25, -0.2) is 4.98 Å². The molecule has 2 N–H and O–H groups in total.